The van der Waals surface area contributed by atoms with Crippen LogP contribution in [0.15, 0.2) is 24.3 Å². The van der Waals surface area contributed by atoms with Crippen LogP contribution < -0.4 is 4.74 Å². The Morgan fingerprint density at radius 1 is 1.30 bits per heavy atom. The Morgan fingerprint density at radius 3 is 2.70 bits per heavy atom. The van der Waals surface area contributed by atoms with E-state index in [4.69, 9.17) is 4.74 Å². The minimum Gasteiger partial charge on any atom is -0.490 e. The summed E-state index contributed by atoms with van der Waals surface area (Å²) in [7, 11) is 0. The topological polar surface area (TPSA) is 32.7 Å². The van der Waals surface area contributed by atoms with Crippen LogP contribution in [0, 0.1) is 0 Å². The lowest BCUT2D eigenvalue weighted by Crippen LogP contribution is -2.42. The number of piperidine rings is 1. The molecule has 2 fully saturated rings. The van der Waals surface area contributed by atoms with Crippen molar-refractivity contribution in [3.63, 3.8) is 0 Å². The molecule has 0 aromatic heterocycles. The van der Waals surface area contributed by atoms with Crippen molar-refractivity contribution in [1.29, 1.82) is 0 Å². The van der Waals surface area contributed by atoms with Crippen molar-refractivity contribution < 1.29 is 9.84 Å². The Hall–Kier alpha value is -1.06. The van der Waals surface area contributed by atoms with Gasteiger partial charge in [0.1, 0.15) is 5.75 Å². The minimum absolute atomic E-state index is 0.409. The van der Waals surface area contributed by atoms with Gasteiger partial charge in [-0.15, -0.1) is 0 Å². The zero-order valence-electron chi connectivity index (χ0n) is 12.3. The summed E-state index contributed by atoms with van der Waals surface area (Å²) in [5, 5.41) is 10.9. The Balaban J connectivity index is 1.68. The quantitative estimate of drug-likeness (QED) is 0.897. The first-order chi connectivity index (χ1) is 9.69. The molecule has 1 heterocycles. The fourth-order valence-corrected chi connectivity index (χ4v) is 2.99. The summed E-state index contributed by atoms with van der Waals surface area (Å²) in [5.74, 6) is 0.911. The van der Waals surface area contributed by atoms with Crippen molar-refractivity contribution in [2.24, 2.45) is 0 Å². The highest BCUT2D eigenvalue weighted by Gasteiger charge is 2.34. The van der Waals surface area contributed by atoms with Crippen molar-refractivity contribution in [2.45, 2.75) is 50.7 Å². The van der Waals surface area contributed by atoms with Crippen LogP contribution >= 0.6 is 0 Å². The van der Waals surface area contributed by atoms with Gasteiger partial charge in [-0.1, -0.05) is 19.1 Å². The SMILES string of the molecule is CCCN1CCC(O)(c2cccc(OC3CC3)c2)CC1. The highest BCUT2D eigenvalue weighted by molar-refractivity contribution is 5.33. The molecule has 1 N–H and O–H groups in total. The van der Waals surface area contributed by atoms with Gasteiger partial charge in [-0.05, 0) is 56.3 Å². The molecule has 20 heavy (non-hydrogen) atoms. The predicted octanol–water partition coefficient (Wildman–Crippen LogP) is 2.92. The van der Waals surface area contributed by atoms with Gasteiger partial charge in [-0.2, -0.15) is 0 Å². The molecule has 0 atom stereocenters. The molecule has 2 aliphatic rings. The monoisotopic (exact) mass is 275 g/mol. The highest BCUT2D eigenvalue weighted by Crippen LogP contribution is 2.35. The summed E-state index contributed by atoms with van der Waals surface area (Å²) in [5.41, 5.74) is 0.347. The Bertz CT molecular complexity index is 448. The van der Waals surface area contributed by atoms with E-state index < -0.39 is 5.60 Å². The van der Waals surface area contributed by atoms with Gasteiger partial charge >= 0.3 is 0 Å². The van der Waals surface area contributed by atoms with E-state index in [0.29, 0.717) is 6.10 Å². The van der Waals surface area contributed by atoms with Gasteiger partial charge in [0.2, 0.25) is 0 Å². The van der Waals surface area contributed by atoms with E-state index >= 15 is 0 Å². The maximum atomic E-state index is 10.9. The second-order valence-corrected chi connectivity index (χ2v) is 6.22. The highest BCUT2D eigenvalue weighted by atomic mass is 16.5. The number of hydrogen-bond acceptors (Lipinski definition) is 3. The van der Waals surface area contributed by atoms with Gasteiger partial charge in [-0.25, -0.2) is 0 Å². The van der Waals surface area contributed by atoms with Crippen LogP contribution in [-0.4, -0.2) is 35.7 Å². The Morgan fingerprint density at radius 2 is 2.05 bits per heavy atom. The van der Waals surface area contributed by atoms with E-state index in [-0.39, 0.29) is 0 Å². The van der Waals surface area contributed by atoms with Crippen LogP contribution in [0.25, 0.3) is 0 Å². The zero-order valence-corrected chi connectivity index (χ0v) is 12.3. The standard InChI is InChI=1S/C17H25NO2/c1-2-10-18-11-8-17(19,9-12-18)14-4-3-5-16(13-14)20-15-6-7-15/h3-5,13,15,19H,2,6-12H2,1H3. The molecule has 1 aliphatic carbocycles. The lowest BCUT2D eigenvalue weighted by molar-refractivity contribution is -0.0259. The first-order valence-corrected chi connectivity index (χ1v) is 7.91. The average Bonchev–Trinajstić information content (AvgIpc) is 3.26. The van der Waals surface area contributed by atoms with Crippen LogP contribution in [0.4, 0.5) is 0 Å². The third-order valence-corrected chi connectivity index (χ3v) is 4.42. The summed E-state index contributed by atoms with van der Waals surface area (Å²) in [4.78, 5) is 2.44. The molecule has 0 bridgehead atoms. The molecule has 1 aromatic carbocycles. The molecule has 1 saturated heterocycles. The number of aliphatic hydroxyl groups is 1. The van der Waals surface area contributed by atoms with Gasteiger partial charge in [-0.3, -0.25) is 0 Å². The number of rotatable bonds is 5. The number of hydrogen-bond donors (Lipinski definition) is 1. The van der Waals surface area contributed by atoms with Crippen molar-refractivity contribution in [3.05, 3.63) is 29.8 Å². The molecule has 0 spiro atoms. The van der Waals surface area contributed by atoms with Crippen LogP contribution in [0.3, 0.4) is 0 Å². The normalized spacial score (nSPS) is 22.7. The fourth-order valence-electron chi connectivity index (χ4n) is 2.99. The lowest BCUT2D eigenvalue weighted by atomic mass is 9.84. The summed E-state index contributed by atoms with van der Waals surface area (Å²) in [6, 6.07) is 8.07. The van der Waals surface area contributed by atoms with Crippen molar-refractivity contribution in [2.75, 3.05) is 19.6 Å². The average molecular weight is 275 g/mol. The minimum atomic E-state index is -0.673. The molecule has 0 radical (unpaired) electrons. The second kappa shape index (κ2) is 5.74. The molecule has 3 heteroatoms. The molecule has 0 amide bonds. The molecular weight excluding hydrogens is 250 g/mol. The largest absolute Gasteiger partial charge is 0.490 e. The molecule has 110 valence electrons. The van der Waals surface area contributed by atoms with Gasteiger partial charge in [0.05, 0.1) is 11.7 Å². The number of nitrogens with zero attached hydrogens (tertiary/aromatic N) is 1. The summed E-state index contributed by atoms with van der Waals surface area (Å²) >= 11 is 0. The Labute approximate surface area is 121 Å². The van der Waals surface area contributed by atoms with E-state index in [1.54, 1.807) is 0 Å². The summed E-state index contributed by atoms with van der Waals surface area (Å²) in [6.45, 7) is 5.32. The van der Waals surface area contributed by atoms with Gasteiger partial charge in [0.25, 0.3) is 0 Å². The smallest absolute Gasteiger partial charge is 0.120 e. The number of likely N-dealkylation sites (tertiary alicyclic amines) is 1. The number of benzene rings is 1. The van der Waals surface area contributed by atoms with E-state index in [9.17, 15) is 5.11 Å². The molecule has 0 unspecified atom stereocenters. The maximum Gasteiger partial charge on any atom is 0.120 e. The fraction of sp³-hybridized carbons (Fsp3) is 0.647. The van der Waals surface area contributed by atoms with E-state index in [1.165, 1.54) is 19.3 Å². The van der Waals surface area contributed by atoms with Gasteiger partial charge in [0.15, 0.2) is 0 Å². The van der Waals surface area contributed by atoms with Crippen molar-refractivity contribution in [1.82, 2.24) is 4.90 Å². The Kier molecular flexibility index (Phi) is 3.99. The number of ether oxygens (including phenoxy) is 1. The molecular formula is C17H25NO2. The van der Waals surface area contributed by atoms with E-state index in [1.807, 2.05) is 24.3 Å². The lowest BCUT2D eigenvalue weighted by Gasteiger charge is -2.38. The van der Waals surface area contributed by atoms with Crippen LogP contribution in [-0.2, 0) is 5.60 Å². The molecule has 3 nitrogen and oxygen atoms in total. The van der Waals surface area contributed by atoms with Gasteiger partial charge < -0.3 is 14.7 Å². The zero-order chi connectivity index (χ0) is 14.0. The van der Waals surface area contributed by atoms with E-state index in [0.717, 1.165) is 43.8 Å². The van der Waals surface area contributed by atoms with Gasteiger partial charge in [0, 0.05) is 13.1 Å². The van der Waals surface area contributed by atoms with Crippen molar-refractivity contribution >= 4 is 0 Å². The first-order valence-electron chi connectivity index (χ1n) is 7.91. The molecule has 3 rings (SSSR count). The van der Waals surface area contributed by atoms with Crippen LogP contribution in [0.5, 0.6) is 5.75 Å². The third kappa shape index (κ3) is 3.15. The second-order valence-electron chi connectivity index (χ2n) is 6.22. The third-order valence-electron chi connectivity index (χ3n) is 4.42. The molecule has 1 aromatic rings. The maximum absolute atomic E-state index is 10.9. The van der Waals surface area contributed by atoms with E-state index in [2.05, 4.69) is 11.8 Å². The molecule has 1 saturated carbocycles. The molecule has 1 aliphatic heterocycles. The summed E-state index contributed by atoms with van der Waals surface area (Å²) < 4.78 is 5.84. The van der Waals surface area contributed by atoms with Crippen molar-refractivity contribution in [3.8, 4) is 5.75 Å². The van der Waals surface area contributed by atoms with Crippen LogP contribution in [0.2, 0.25) is 0 Å². The predicted molar refractivity (Wildman–Crippen MR) is 80.0 cm³/mol. The first kappa shape index (κ1) is 13.9. The van der Waals surface area contributed by atoms with Crippen LogP contribution in [0.1, 0.15) is 44.6 Å². The summed E-state index contributed by atoms with van der Waals surface area (Å²) in [6.07, 6.45) is 5.57.